The van der Waals surface area contributed by atoms with Gasteiger partial charge in [-0.3, -0.25) is 4.79 Å². The Morgan fingerprint density at radius 1 is 1.50 bits per heavy atom. The first kappa shape index (κ1) is 12.3. The third-order valence-electron chi connectivity index (χ3n) is 2.57. The van der Waals surface area contributed by atoms with Crippen LogP contribution < -0.4 is 10.6 Å². The number of nitrogens with one attached hydrogen (secondary N) is 2. The van der Waals surface area contributed by atoms with E-state index in [4.69, 9.17) is 0 Å². The Labute approximate surface area is 105 Å². The van der Waals surface area contributed by atoms with Crippen molar-refractivity contribution in [2.75, 3.05) is 18.4 Å². The number of fused-ring (bicyclic) bond motifs is 1. The molecule has 2 aromatic rings. The Kier molecular flexibility index (Phi) is 3.76. The second kappa shape index (κ2) is 5.48. The van der Waals surface area contributed by atoms with Crippen LogP contribution in [-0.2, 0) is 4.79 Å². The van der Waals surface area contributed by atoms with E-state index < -0.39 is 0 Å². The summed E-state index contributed by atoms with van der Waals surface area (Å²) in [5.41, 5.74) is 1.90. The van der Waals surface area contributed by atoms with Crippen LogP contribution in [0.2, 0.25) is 0 Å². The minimum atomic E-state index is 0.0324. The fourth-order valence-electron chi connectivity index (χ4n) is 1.69. The van der Waals surface area contributed by atoms with Crippen molar-refractivity contribution < 1.29 is 4.79 Å². The van der Waals surface area contributed by atoms with E-state index in [-0.39, 0.29) is 5.91 Å². The predicted molar refractivity (Wildman–Crippen MR) is 69.5 cm³/mol. The summed E-state index contributed by atoms with van der Waals surface area (Å²) >= 11 is 0. The first-order valence-corrected chi connectivity index (χ1v) is 6.03. The van der Waals surface area contributed by atoms with Gasteiger partial charge in [0.1, 0.15) is 0 Å². The molecule has 18 heavy (non-hydrogen) atoms. The lowest BCUT2D eigenvalue weighted by Gasteiger charge is -2.01. The number of carbonyl (C=O) groups excluding carboxylic acids is 1. The molecule has 0 aliphatic carbocycles. The summed E-state index contributed by atoms with van der Waals surface area (Å²) in [5, 5.41) is 10.1. The van der Waals surface area contributed by atoms with Gasteiger partial charge >= 0.3 is 0 Å². The van der Waals surface area contributed by atoms with Gasteiger partial charge in [-0.2, -0.15) is 4.98 Å². The smallest absolute Gasteiger partial charge is 0.243 e. The Bertz CT molecular complexity index is 548. The Balaban J connectivity index is 1.96. The van der Waals surface area contributed by atoms with E-state index in [9.17, 15) is 4.79 Å². The number of carbonyl (C=O) groups is 1. The van der Waals surface area contributed by atoms with Crippen LogP contribution >= 0.6 is 0 Å². The Hall–Kier alpha value is -2.11. The largest absolute Gasteiger partial charge is 0.356 e. The molecule has 2 rings (SSSR count). The lowest BCUT2D eigenvalue weighted by atomic mass is 10.3. The number of nitrogens with zero attached hydrogens (tertiary/aromatic N) is 3. The summed E-state index contributed by atoms with van der Waals surface area (Å²) in [7, 11) is 0. The average Bonchev–Trinajstić information content (AvgIpc) is 2.74. The van der Waals surface area contributed by atoms with E-state index in [1.165, 1.54) is 0 Å². The zero-order valence-corrected chi connectivity index (χ0v) is 10.6. The molecule has 0 fully saturated rings. The molecule has 0 atom stereocenters. The van der Waals surface area contributed by atoms with Crippen molar-refractivity contribution in [2.24, 2.45) is 0 Å². The molecule has 2 N–H and O–H groups in total. The maximum Gasteiger partial charge on any atom is 0.243 e. The third kappa shape index (κ3) is 2.77. The van der Waals surface area contributed by atoms with Gasteiger partial charge < -0.3 is 10.6 Å². The number of amides is 1. The Morgan fingerprint density at radius 2 is 2.33 bits per heavy atom. The van der Waals surface area contributed by atoms with Crippen molar-refractivity contribution in [3.8, 4) is 0 Å². The first-order valence-electron chi connectivity index (χ1n) is 6.03. The summed E-state index contributed by atoms with van der Waals surface area (Å²) in [4.78, 5) is 15.6. The van der Waals surface area contributed by atoms with Gasteiger partial charge in [-0.1, -0.05) is 6.07 Å². The highest BCUT2D eigenvalue weighted by atomic mass is 16.1. The van der Waals surface area contributed by atoms with Crippen LogP contribution in [0, 0.1) is 6.92 Å². The molecule has 0 aromatic carbocycles. The molecule has 0 bridgehead atoms. The highest BCUT2D eigenvalue weighted by molar-refractivity contribution is 5.76. The minimum Gasteiger partial charge on any atom is -0.356 e. The minimum absolute atomic E-state index is 0.0324. The van der Waals surface area contributed by atoms with Crippen LogP contribution in [0.15, 0.2) is 18.3 Å². The SMILES string of the molecule is CCNC(=O)CCNc1nc2c(C)cccn2n1. The number of hydrogen-bond donors (Lipinski definition) is 2. The van der Waals surface area contributed by atoms with Gasteiger partial charge in [-0.05, 0) is 25.5 Å². The first-order chi connectivity index (χ1) is 8.70. The maximum absolute atomic E-state index is 11.3. The average molecular weight is 247 g/mol. The number of rotatable bonds is 5. The van der Waals surface area contributed by atoms with Crippen LogP contribution in [0.25, 0.3) is 5.65 Å². The summed E-state index contributed by atoms with van der Waals surface area (Å²) in [6, 6.07) is 3.91. The molecular formula is C12H17N5O. The van der Waals surface area contributed by atoms with E-state index in [0.717, 1.165) is 11.2 Å². The summed E-state index contributed by atoms with van der Waals surface area (Å²) < 4.78 is 1.73. The molecular weight excluding hydrogens is 230 g/mol. The molecule has 96 valence electrons. The summed E-state index contributed by atoms with van der Waals surface area (Å²) in [6.07, 6.45) is 2.27. The van der Waals surface area contributed by atoms with Crippen molar-refractivity contribution in [1.82, 2.24) is 19.9 Å². The number of pyridine rings is 1. The molecule has 0 saturated carbocycles. The second-order valence-corrected chi connectivity index (χ2v) is 4.03. The standard InChI is InChI=1S/C12H17N5O/c1-3-13-10(18)6-7-14-12-15-11-9(2)5-4-8-17(11)16-12/h4-5,8H,3,6-7H2,1-2H3,(H,13,18)(H,14,16). The molecule has 6 heteroatoms. The quantitative estimate of drug-likeness (QED) is 0.826. The topological polar surface area (TPSA) is 71.3 Å². The van der Waals surface area contributed by atoms with E-state index in [1.807, 2.05) is 32.2 Å². The monoisotopic (exact) mass is 247 g/mol. The highest BCUT2D eigenvalue weighted by Gasteiger charge is 2.05. The molecule has 2 heterocycles. The highest BCUT2D eigenvalue weighted by Crippen LogP contribution is 2.09. The van der Waals surface area contributed by atoms with Gasteiger partial charge in [-0.15, -0.1) is 5.10 Å². The van der Waals surface area contributed by atoms with E-state index in [0.29, 0.717) is 25.5 Å². The van der Waals surface area contributed by atoms with Crippen LogP contribution in [0.4, 0.5) is 5.95 Å². The Morgan fingerprint density at radius 3 is 3.06 bits per heavy atom. The zero-order chi connectivity index (χ0) is 13.0. The van der Waals surface area contributed by atoms with Gasteiger partial charge in [0.25, 0.3) is 0 Å². The van der Waals surface area contributed by atoms with Crippen LogP contribution in [-0.4, -0.2) is 33.6 Å². The molecule has 0 spiro atoms. The third-order valence-corrected chi connectivity index (χ3v) is 2.57. The number of hydrogen-bond acceptors (Lipinski definition) is 4. The van der Waals surface area contributed by atoms with Gasteiger partial charge in [0.15, 0.2) is 5.65 Å². The molecule has 0 radical (unpaired) electrons. The fraction of sp³-hybridized carbons (Fsp3) is 0.417. The lowest BCUT2D eigenvalue weighted by molar-refractivity contribution is -0.120. The van der Waals surface area contributed by atoms with Gasteiger partial charge in [0.2, 0.25) is 11.9 Å². The number of anilines is 1. The number of aryl methyl sites for hydroxylation is 1. The maximum atomic E-state index is 11.3. The normalized spacial score (nSPS) is 10.6. The predicted octanol–water partition coefficient (Wildman–Crippen LogP) is 0.976. The van der Waals surface area contributed by atoms with Gasteiger partial charge in [0.05, 0.1) is 0 Å². The van der Waals surface area contributed by atoms with Gasteiger partial charge in [0, 0.05) is 25.7 Å². The summed E-state index contributed by atoms with van der Waals surface area (Å²) in [6.45, 7) is 5.08. The molecule has 2 aromatic heterocycles. The fourth-order valence-corrected chi connectivity index (χ4v) is 1.69. The van der Waals surface area contributed by atoms with Crippen molar-refractivity contribution in [3.63, 3.8) is 0 Å². The van der Waals surface area contributed by atoms with Gasteiger partial charge in [-0.25, -0.2) is 4.52 Å². The zero-order valence-electron chi connectivity index (χ0n) is 10.6. The van der Waals surface area contributed by atoms with Crippen LogP contribution in [0.1, 0.15) is 18.9 Å². The van der Waals surface area contributed by atoms with Crippen molar-refractivity contribution >= 4 is 17.5 Å². The van der Waals surface area contributed by atoms with Crippen molar-refractivity contribution in [2.45, 2.75) is 20.3 Å². The lowest BCUT2D eigenvalue weighted by Crippen LogP contribution is -2.24. The molecule has 6 nitrogen and oxygen atoms in total. The van der Waals surface area contributed by atoms with Crippen molar-refractivity contribution in [3.05, 3.63) is 23.9 Å². The molecule has 0 unspecified atom stereocenters. The molecule has 0 aliphatic rings. The second-order valence-electron chi connectivity index (χ2n) is 4.03. The van der Waals surface area contributed by atoms with E-state index in [2.05, 4.69) is 20.7 Å². The van der Waals surface area contributed by atoms with E-state index >= 15 is 0 Å². The van der Waals surface area contributed by atoms with Crippen LogP contribution in [0.5, 0.6) is 0 Å². The van der Waals surface area contributed by atoms with E-state index in [1.54, 1.807) is 4.52 Å². The summed E-state index contributed by atoms with van der Waals surface area (Å²) in [5.74, 6) is 0.582. The molecule has 1 amide bonds. The van der Waals surface area contributed by atoms with Crippen molar-refractivity contribution in [1.29, 1.82) is 0 Å². The molecule has 0 saturated heterocycles. The molecule has 0 aliphatic heterocycles. The number of aromatic nitrogens is 3. The van der Waals surface area contributed by atoms with Crippen LogP contribution in [0.3, 0.4) is 0 Å².